The highest BCUT2D eigenvalue weighted by molar-refractivity contribution is 8.00. The van der Waals surface area contributed by atoms with Crippen LogP contribution in [0.25, 0.3) is 11.3 Å². The van der Waals surface area contributed by atoms with Crippen LogP contribution in [0.3, 0.4) is 0 Å². The summed E-state index contributed by atoms with van der Waals surface area (Å²) in [4.78, 5) is 20.2. The molecular formula is C20H17F2N3OS. The maximum Gasteiger partial charge on any atom is 0.238 e. The second kappa shape index (κ2) is 7.52. The molecule has 0 aliphatic heterocycles. The fourth-order valence-electron chi connectivity index (χ4n) is 2.67. The van der Waals surface area contributed by atoms with Gasteiger partial charge in [0.1, 0.15) is 16.9 Å². The van der Waals surface area contributed by atoms with Crippen molar-refractivity contribution in [1.29, 1.82) is 0 Å². The van der Waals surface area contributed by atoms with Crippen LogP contribution in [0, 0.1) is 11.6 Å². The van der Waals surface area contributed by atoms with Crippen molar-refractivity contribution in [2.45, 2.75) is 29.3 Å². The lowest BCUT2D eigenvalue weighted by Crippen LogP contribution is -2.29. The summed E-state index contributed by atoms with van der Waals surface area (Å²) in [5.74, 6) is -0.767. The zero-order chi connectivity index (χ0) is 18.8. The van der Waals surface area contributed by atoms with Gasteiger partial charge in [-0.3, -0.25) is 4.79 Å². The van der Waals surface area contributed by atoms with E-state index in [0.29, 0.717) is 10.7 Å². The summed E-state index contributed by atoms with van der Waals surface area (Å²) in [6.45, 7) is 0. The third-order valence-electron chi connectivity index (χ3n) is 4.27. The summed E-state index contributed by atoms with van der Waals surface area (Å²) in [5, 5.41) is 3.02. The SMILES string of the molecule is O=C(NC1CC1)C(Sc1ncc(-c2ccc(F)cc2)[nH]1)c1ccc(F)cc1. The molecule has 0 saturated heterocycles. The summed E-state index contributed by atoms with van der Waals surface area (Å²) < 4.78 is 26.4. The number of amides is 1. The Morgan fingerprint density at radius 3 is 2.33 bits per heavy atom. The van der Waals surface area contributed by atoms with E-state index in [9.17, 15) is 13.6 Å². The molecule has 0 bridgehead atoms. The van der Waals surface area contributed by atoms with Gasteiger partial charge in [-0.25, -0.2) is 13.8 Å². The molecule has 1 atom stereocenters. The first kappa shape index (κ1) is 17.7. The molecule has 4 rings (SSSR count). The molecule has 3 aromatic rings. The van der Waals surface area contributed by atoms with Crippen molar-refractivity contribution in [1.82, 2.24) is 15.3 Å². The number of halogens is 2. The second-order valence-corrected chi connectivity index (χ2v) is 7.54. The van der Waals surface area contributed by atoms with E-state index < -0.39 is 5.25 Å². The third-order valence-corrected chi connectivity index (χ3v) is 5.42. The maximum atomic E-state index is 13.3. The highest BCUT2D eigenvalue weighted by Gasteiger charge is 2.29. The highest BCUT2D eigenvalue weighted by atomic mass is 32.2. The monoisotopic (exact) mass is 385 g/mol. The number of carbonyl (C=O) groups excluding carboxylic acids is 1. The molecule has 1 amide bonds. The molecule has 1 aromatic heterocycles. The third kappa shape index (κ3) is 4.36. The zero-order valence-electron chi connectivity index (χ0n) is 14.3. The lowest BCUT2D eigenvalue weighted by molar-refractivity contribution is -0.120. The van der Waals surface area contributed by atoms with Crippen LogP contribution in [0.2, 0.25) is 0 Å². The molecular weight excluding hydrogens is 368 g/mol. The summed E-state index contributed by atoms with van der Waals surface area (Å²) in [5.41, 5.74) is 2.24. The number of benzene rings is 2. The van der Waals surface area contributed by atoms with E-state index >= 15 is 0 Å². The average Bonchev–Trinajstić information content (AvgIpc) is 3.35. The Bertz CT molecular complexity index is 937. The minimum absolute atomic E-state index is 0.117. The molecule has 2 N–H and O–H groups in total. The number of H-pyrrole nitrogens is 1. The summed E-state index contributed by atoms with van der Waals surface area (Å²) in [6.07, 6.45) is 3.63. The molecule has 27 heavy (non-hydrogen) atoms. The maximum absolute atomic E-state index is 13.3. The Morgan fingerprint density at radius 2 is 1.70 bits per heavy atom. The number of nitrogens with one attached hydrogen (secondary N) is 2. The van der Waals surface area contributed by atoms with Crippen LogP contribution in [0.5, 0.6) is 0 Å². The van der Waals surface area contributed by atoms with Gasteiger partial charge in [-0.15, -0.1) is 0 Å². The molecule has 7 heteroatoms. The number of nitrogens with zero attached hydrogens (tertiary/aromatic N) is 1. The zero-order valence-corrected chi connectivity index (χ0v) is 15.1. The van der Waals surface area contributed by atoms with Crippen LogP contribution < -0.4 is 5.32 Å². The first-order valence-corrected chi connectivity index (χ1v) is 9.50. The average molecular weight is 385 g/mol. The van der Waals surface area contributed by atoms with Gasteiger partial charge in [-0.05, 0) is 60.4 Å². The van der Waals surface area contributed by atoms with Crippen LogP contribution in [-0.2, 0) is 4.79 Å². The van der Waals surface area contributed by atoms with E-state index in [1.165, 1.54) is 36.0 Å². The van der Waals surface area contributed by atoms with Gasteiger partial charge in [-0.1, -0.05) is 23.9 Å². The van der Waals surface area contributed by atoms with Crippen molar-refractivity contribution in [2.75, 3.05) is 0 Å². The van der Waals surface area contributed by atoms with Gasteiger partial charge in [-0.2, -0.15) is 0 Å². The fourth-order valence-corrected chi connectivity index (χ4v) is 3.64. The number of aromatic nitrogens is 2. The molecule has 0 radical (unpaired) electrons. The first-order chi connectivity index (χ1) is 13.1. The van der Waals surface area contributed by atoms with Crippen molar-refractivity contribution in [3.63, 3.8) is 0 Å². The molecule has 4 nitrogen and oxygen atoms in total. The number of carbonyl (C=O) groups is 1. The van der Waals surface area contributed by atoms with Crippen molar-refractivity contribution in [3.05, 3.63) is 71.9 Å². The lowest BCUT2D eigenvalue weighted by Gasteiger charge is -2.15. The Morgan fingerprint density at radius 1 is 1.07 bits per heavy atom. The summed E-state index contributed by atoms with van der Waals surface area (Å²) >= 11 is 1.27. The fraction of sp³-hybridized carbons (Fsp3) is 0.200. The Kier molecular flexibility index (Phi) is 4.94. The van der Waals surface area contributed by atoms with Gasteiger partial charge in [0.25, 0.3) is 0 Å². The summed E-state index contributed by atoms with van der Waals surface area (Å²) in [7, 11) is 0. The second-order valence-electron chi connectivity index (χ2n) is 6.44. The smallest absolute Gasteiger partial charge is 0.238 e. The van der Waals surface area contributed by atoms with E-state index in [-0.39, 0.29) is 23.6 Å². The first-order valence-electron chi connectivity index (χ1n) is 8.62. The molecule has 0 spiro atoms. The van der Waals surface area contributed by atoms with Crippen molar-refractivity contribution >= 4 is 17.7 Å². The van der Waals surface area contributed by atoms with Crippen molar-refractivity contribution < 1.29 is 13.6 Å². The molecule has 1 aliphatic rings. The minimum Gasteiger partial charge on any atom is -0.352 e. The van der Waals surface area contributed by atoms with Crippen molar-refractivity contribution in [2.24, 2.45) is 0 Å². The number of hydrogen-bond acceptors (Lipinski definition) is 3. The largest absolute Gasteiger partial charge is 0.352 e. The number of rotatable bonds is 6. The quantitative estimate of drug-likeness (QED) is 0.616. The predicted octanol–water partition coefficient (Wildman–Crippen LogP) is 4.47. The molecule has 138 valence electrons. The molecule has 1 heterocycles. The van der Waals surface area contributed by atoms with Crippen LogP contribution in [0.15, 0.2) is 59.9 Å². The van der Waals surface area contributed by atoms with Gasteiger partial charge in [0, 0.05) is 6.04 Å². The lowest BCUT2D eigenvalue weighted by atomic mass is 10.1. The van der Waals surface area contributed by atoms with Crippen molar-refractivity contribution in [3.8, 4) is 11.3 Å². The van der Waals surface area contributed by atoms with Gasteiger partial charge in [0.05, 0.1) is 11.9 Å². The van der Waals surface area contributed by atoms with Gasteiger partial charge >= 0.3 is 0 Å². The highest BCUT2D eigenvalue weighted by Crippen LogP contribution is 2.36. The van der Waals surface area contributed by atoms with E-state index in [0.717, 1.165) is 24.1 Å². The Hall–Kier alpha value is -2.67. The van der Waals surface area contributed by atoms with Gasteiger partial charge in [0.15, 0.2) is 5.16 Å². The Balaban J connectivity index is 1.56. The Labute approximate surface area is 159 Å². The van der Waals surface area contributed by atoms with Crippen LogP contribution in [-0.4, -0.2) is 21.9 Å². The minimum atomic E-state index is -0.543. The molecule has 1 unspecified atom stereocenters. The molecule has 1 fully saturated rings. The summed E-state index contributed by atoms with van der Waals surface area (Å²) in [6, 6.07) is 12.2. The van der Waals surface area contributed by atoms with Gasteiger partial charge in [0.2, 0.25) is 5.91 Å². The normalized spacial score (nSPS) is 14.7. The number of imidazole rings is 1. The number of hydrogen-bond donors (Lipinski definition) is 2. The van der Waals surface area contributed by atoms with Crippen LogP contribution in [0.4, 0.5) is 8.78 Å². The van der Waals surface area contributed by atoms with E-state index in [2.05, 4.69) is 15.3 Å². The van der Waals surface area contributed by atoms with E-state index in [1.54, 1.807) is 30.5 Å². The predicted molar refractivity (Wildman–Crippen MR) is 100 cm³/mol. The number of aromatic amines is 1. The van der Waals surface area contributed by atoms with E-state index in [4.69, 9.17) is 0 Å². The number of thioether (sulfide) groups is 1. The topological polar surface area (TPSA) is 57.8 Å². The van der Waals surface area contributed by atoms with Crippen LogP contribution in [0.1, 0.15) is 23.7 Å². The van der Waals surface area contributed by atoms with Gasteiger partial charge < -0.3 is 10.3 Å². The van der Waals surface area contributed by atoms with Crippen LogP contribution >= 0.6 is 11.8 Å². The molecule has 1 aliphatic carbocycles. The molecule has 1 saturated carbocycles. The standard InChI is InChI=1S/C20H17F2N3OS/c21-14-5-1-12(2-6-14)17-11-23-20(25-17)27-18(19(26)24-16-9-10-16)13-3-7-15(22)8-4-13/h1-8,11,16,18H,9-10H2,(H,23,25)(H,24,26). The molecule has 2 aromatic carbocycles. The van der Waals surface area contributed by atoms with E-state index in [1.807, 2.05) is 0 Å².